The van der Waals surface area contributed by atoms with Gasteiger partial charge in [-0.05, 0) is 23.8 Å². The van der Waals surface area contributed by atoms with Crippen molar-refractivity contribution < 1.29 is 5.11 Å². The lowest BCUT2D eigenvalue weighted by atomic mass is 10.1. The second-order valence-electron chi connectivity index (χ2n) is 4.33. The first-order valence-corrected chi connectivity index (χ1v) is 7.55. The zero-order valence-electron chi connectivity index (χ0n) is 9.86. The molecule has 19 heavy (non-hydrogen) atoms. The van der Waals surface area contributed by atoms with Crippen molar-refractivity contribution in [1.29, 1.82) is 0 Å². The number of thioether (sulfide) groups is 1. The Balaban J connectivity index is 1.87. The Morgan fingerprint density at radius 2 is 1.84 bits per heavy atom. The molecule has 2 nitrogen and oxygen atoms in total. The Labute approximate surface area is 125 Å². The Hall–Kier alpha value is -1.03. The molecule has 0 saturated carbocycles. The first-order valence-electron chi connectivity index (χ1n) is 5.81. The van der Waals surface area contributed by atoms with Crippen molar-refractivity contribution >= 4 is 40.7 Å². The molecule has 0 aromatic heterocycles. The average molecular weight is 312 g/mol. The second-order valence-corrected chi connectivity index (χ2v) is 6.21. The quantitative estimate of drug-likeness (QED) is 0.769. The van der Waals surface area contributed by atoms with Crippen LogP contribution in [0.15, 0.2) is 41.3 Å². The van der Waals surface area contributed by atoms with Crippen LogP contribution in [0.3, 0.4) is 0 Å². The summed E-state index contributed by atoms with van der Waals surface area (Å²) in [5.41, 5.74) is 2.10. The lowest BCUT2D eigenvalue weighted by Crippen LogP contribution is -2.09. The van der Waals surface area contributed by atoms with E-state index in [0.717, 1.165) is 11.4 Å². The summed E-state index contributed by atoms with van der Waals surface area (Å²) in [4.78, 5) is 1.30. The number of phenols is 1. The molecule has 0 aliphatic carbocycles. The number of hydrogen-bond donors (Lipinski definition) is 2. The summed E-state index contributed by atoms with van der Waals surface area (Å²) in [7, 11) is 0. The van der Waals surface area contributed by atoms with E-state index in [0.29, 0.717) is 0 Å². The molecule has 0 amide bonds. The zero-order chi connectivity index (χ0) is 13.4. The number of fused-ring (bicyclic) bond motifs is 1. The molecule has 2 N–H and O–H groups in total. The summed E-state index contributed by atoms with van der Waals surface area (Å²) < 4.78 is 0. The van der Waals surface area contributed by atoms with Crippen molar-refractivity contribution in [2.75, 3.05) is 11.1 Å². The van der Waals surface area contributed by atoms with E-state index >= 15 is 0 Å². The smallest absolute Gasteiger partial charge is 0.152 e. The van der Waals surface area contributed by atoms with Gasteiger partial charge < -0.3 is 10.4 Å². The number of phenolic OH excluding ortho intramolecular Hbond substituents is 1. The van der Waals surface area contributed by atoms with Gasteiger partial charge in [0.05, 0.1) is 16.1 Å². The van der Waals surface area contributed by atoms with Crippen LogP contribution in [0.1, 0.15) is 11.6 Å². The van der Waals surface area contributed by atoms with E-state index in [1.165, 1.54) is 10.5 Å². The highest BCUT2D eigenvalue weighted by Crippen LogP contribution is 2.41. The summed E-state index contributed by atoms with van der Waals surface area (Å²) in [5, 5.41) is 13.5. The normalized spacial score (nSPS) is 17.3. The SMILES string of the molecule is Oc1c(Cl)cc(NC2CSc3ccccc32)cc1Cl. The van der Waals surface area contributed by atoms with Gasteiger partial charge in [-0.25, -0.2) is 0 Å². The van der Waals surface area contributed by atoms with Gasteiger partial charge >= 0.3 is 0 Å². The van der Waals surface area contributed by atoms with Gasteiger partial charge in [-0.2, -0.15) is 0 Å². The predicted octanol–water partition coefficient (Wildman–Crippen LogP) is 4.96. The number of anilines is 1. The maximum Gasteiger partial charge on any atom is 0.152 e. The summed E-state index contributed by atoms with van der Waals surface area (Å²) in [6, 6.07) is 11.9. The summed E-state index contributed by atoms with van der Waals surface area (Å²) in [6.07, 6.45) is 0. The summed E-state index contributed by atoms with van der Waals surface area (Å²) in [6.45, 7) is 0. The molecule has 5 heteroatoms. The highest BCUT2D eigenvalue weighted by molar-refractivity contribution is 7.99. The molecule has 0 bridgehead atoms. The average Bonchev–Trinajstić information content (AvgIpc) is 2.79. The Bertz CT molecular complexity index is 610. The largest absolute Gasteiger partial charge is 0.505 e. The number of nitrogens with one attached hydrogen (secondary N) is 1. The molecule has 1 heterocycles. The molecule has 3 rings (SSSR count). The van der Waals surface area contributed by atoms with Gasteiger partial charge in [0.15, 0.2) is 5.75 Å². The van der Waals surface area contributed by atoms with Crippen LogP contribution < -0.4 is 5.32 Å². The van der Waals surface area contributed by atoms with Crippen LogP contribution in [-0.4, -0.2) is 10.9 Å². The molecule has 0 spiro atoms. The molecule has 1 aliphatic rings. The Morgan fingerprint density at radius 3 is 2.58 bits per heavy atom. The van der Waals surface area contributed by atoms with Crippen molar-refractivity contribution in [1.82, 2.24) is 0 Å². The van der Waals surface area contributed by atoms with Crippen LogP contribution in [0.25, 0.3) is 0 Å². The summed E-state index contributed by atoms with van der Waals surface area (Å²) in [5.74, 6) is 0.894. The van der Waals surface area contributed by atoms with Gasteiger partial charge in [0.25, 0.3) is 0 Å². The van der Waals surface area contributed by atoms with Gasteiger partial charge in [0.2, 0.25) is 0 Å². The van der Waals surface area contributed by atoms with E-state index in [-0.39, 0.29) is 21.8 Å². The van der Waals surface area contributed by atoms with Crippen LogP contribution in [-0.2, 0) is 0 Å². The molecule has 2 aromatic rings. The van der Waals surface area contributed by atoms with E-state index in [2.05, 4.69) is 17.4 Å². The molecule has 0 saturated heterocycles. The van der Waals surface area contributed by atoms with Crippen LogP contribution in [0, 0.1) is 0 Å². The molecule has 2 aromatic carbocycles. The van der Waals surface area contributed by atoms with Gasteiger partial charge in [-0.3, -0.25) is 0 Å². The standard InChI is InChI=1S/C14H11Cl2NOS/c15-10-5-8(6-11(16)14(10)18)17-12-7-19-13-4-2-1-3-9(12)13/h1-6,12,17-18H,7H2. The zero-order valence-corrected chi connectivity index (χ0v) is 12.2. The van der Waals surface area contributed by atoms with Crippen molar-refractivity contribution in [3.05, 3.63) is 52.0 Å². The maximum atomic E-state index is 9.55. The molecular weight excluding hydrogens is 301 g/mol. The minimum Gasteiger partial charge on any atom is -0.505 e. The fourth-order valence-electron chi connectivity index (χ4n) is 2.13. The van der Waals surface area contributed by atoms with Crippen molar-refractivity contribution in [2.24, 2.45) is 0 Å². The first kappa shape index (κ1) is 13.0. The van der Waals surface area contributed by atoms with E-state index in [9.17, 15) is 5.11 Å². The molecular formula is C14H11Cl2NOS. The number of hydrogen-bond acceptors (Lipinski definition) is 3. The van der Waals surface area contributed by atoms with E-state index < -0.39 is 0 Å². The topological polar surface area (TPSA) is 32.3 Å². The van der Waals surface area contributed by atoms with Crippen LogP contribution in [0.2, 0.25) is 10.0 Å². The molecule has 1 aliphatic heterocycles. The number of aromatic hydroxyl groups is 1. The molecule has 1 atom stereocenters. The van der Waals surface area contributed by atoms with E-state index in [1.807, 2.05) is 23.9 Å². The third-order valence-corrected chi connectivity index (χ3v) is 4.82. The fraction of sp³-hybridized carbons (Fsp3) is 0.143. The third kappa shape index (κ3) is 2.50. The first-order chi connectivity index (χ1) is 9.15. The van der Waals surface area contributed by atoms with Gasteiger partial charge in [-0.15, -0.1) is 11.8 Å². The second kappa shape index (κ2) is 5.16. The van der Waals surface area contributed by atoms with E-state index in [1.54, 1.807) is 12.1 Å². The molecule has 98 valence electrons. The maximum absolute atomic E-state index is 9.55. The van der Waals surface area contributed by atoms with E-state index in [4.69, 9.17) is 23.2 Å². The van der Waals surface area contributed by atoms with Crippen LogP contribution >= 0.6 is 35.0 Å². The predicted molar refractivity (Wildman–Crippen MR) is 81.7 cm³/mol. The fourth-order valence-corrected chi connectivity index (χ4v) is 3.78. The van der Waals surface area contributed by atoms with Gasteiger partial charge in [0, 0.05) is 16.3 Å². The number of rotatable bonds is 2. The van der Waals surface area contributed by atoms with Gasteiger partial charge in [0.1, 0.15) is 0 Å². The number of benzene rings is 2. The van der Waals surface area contributed by atoms with Crippen LogP contribution in [0.5, 0.6) is 5.75 Å². The lowest BCUT2D eigenvalue weighted by Gasteiger charge is -2.15. The van der Waals surface area contributed by atoms with Crippen molar-refractivity contribution in [3.8, 4) is 5.75 Å². The Morgan fingerprint density at radius 1 is 1.16 bits per heavy atom. The van der Waals surface area contributed by atoms with Crippen molar-refractivity contribution in [3.63, 3.8) is 0 Å². The minimum absolute atomic E-state index is 0.0740. The monoisotopic (exact) mass is 311 g/mol. The molecule has 0 radical (unpaired) electrons. The Kier molecular flexibility index (Phi) is 3.52. The van der Waals surface area contributed by atoms with Gasteiger partial charge in [-0.1, -0.05) is 41.4 Å². The minimum atomic E-state index is -0.0740. The third-order valence-electron chi connectivity index (χ3n) is 3.06. The summed E-state index contributed by atoms with van der Waals surface area (Å²) >= 11 is 13.7. The molecule has 1 unspecified atom stereocenters. The highest BCUT2D eigenvalue weighted by Gasteiger charge is 2.22. The number of halogens is 2. The molecule has 0 fully saturated rings. The highest BCUT2D eigenvalue weighted by atomic mass is 35.5. The lowest BCUT2D eigenvalue weighted by molar-refractivity contribution is 0.476. The van der Waals surface area contributed by atoms with Crippen molar-refractivity contribution in [2.45, 2.75) is 10.9 Å². The van der Waals surface area contributed by atoms with Crippen LogP contribution in [0.4, 0.5) is 5.69 Å².